The van der Waals surface area contributed by atoms with Crippen molar-refractivity contribution < 1.29 is 13.9 Å². The Kier molecular flexibility index (Phi) is 5.80. The number of nitriles is 1. The molecule has 5 nitrogen and oxygen atoms in total. The Hall–Kier alpha value is -3.00. The van der Waals surface area contributed by atoms with E-state index in [1.54, 1.807) is 12.1 Å². The van der Waals surface area contributed by atoms with Crippen LogP contribution >= 0.6 is 0 Å². The van der Waals surface area contributed by atoms with Gasteiger partial charge in [-0.1, -0.05) is 30.3 Å². The second-order valence-corrected chi connectivity index (χ2v) is 5.60. The molecule has 1 aromatic heterocycles. The third kappa shape index (κ3) is 4.75. The first-order chi connectivity index (χ1) is 11.5. The van der Waals surface area contributed by atoms with Gasteiger partial charge in [-0.3, -0.25) is 4.79 Å². The van der Waals surface area contributed by atoms with Gasteiger partial charge in [0.2, 0.25) is 0 Å². The lowest BCUT2D eigenvalue weighted by atomic mass is 10.1. The Balaban J connectivity index is 2.08. The standard InChI is InChI=1S/C19H20N2O3/c1-13(2)23-18-10-9-17(24-18)11-16(12-20)19(22)21-14(3)15-7-5-4-6-8-15/h4-11,13-14H,1-3H3,(H,21,22)/b16-11+. The van der Waals surface area contributed by atoms with E-state index in [9.17, 15) is 10.1 Å². The SMILES string of the molecule is CC(C)Oc1ccc(/C=C(\C#N)C(=O)NC(C)c2ccccc2)o1. The molecule has 124 valence electrons. The third-order valence-corrected chi connectivity index (χ3v) is 3.25. The van der Waals surface area contributed by atoms with Crippen molar-refractivity contribution in [2.45, 2.75) is 32.9 Å². The molecule has 2 rings (SSSR count). The van der Waals surface area contributed by atoms with Crippen LogP contribution in [0.5, 0.6) is 5.95 Å². The smallest absolute Gasteiger partial charge is 0.285 e. The molecular formula is C19H20N2O3. The van der Waals surface area contributed by atoms with Crippen molar-refractivity contribution in [1.29, 1.82) is 5.26 Å². The number of carbonyl (C=O) groups excluding carboxylic acids is 1. The lowest BCUT2D eigenvalue weighted by Crippen LogP contribution is -2.27. The molecule has 0 saturated heterocycles. The summed E-state index contributed by atoms with van der Waals surface area (Å²) in [5.41, 5.74) is 0.942. The number of amides is 1. The molecule has 0 fully saturated rings. The summed E-state index contributed by atoms with van der Waals surface area (Å²) in [5, 5.41) is 12.0. The van der Waals surface area contributed by atoms with Crippen molar-refractivity contribution in [1.82, 2.24) is 5.32 Å². The fourth-order valence-corrected chi connectivity index (χ4v) is 2.10. The van der Waals surface area contributed by atoms with Crippen molar-refractivity contribution in [2.24, 2.45) is 0 Å². The van der Waals surface area contributed by atoms with Gasteiger partial charge in [0, 0.05) is 12.1 Å². The molecule has 1 heterocycles. The summed E-state index contributed by atoms with van der Waals surface area (Å²) in [6.07, 6.45) is 1.39. The van der Waals surface area contributed by atoms with Gasteiger partial charge < -0.3 is 14.5 Å². The second kappa shape index (κ2) is 8.02. The lowest BCUT2D eigenvalue weighted by molar-refractivity contribution is -0.117. The molecule has 1 N–H and O–H groups in total. The minimum atomic E-state index is -0.448. The Morgan fingerprint density at radius 2 is 1.92 bits per heavy atom. The summed E-state index contributed by atoms with van der Waals surface area (Å²) in [6.45, 7) is 5.64. The van der Waals surface area contributed by atoms with Crippen LogP contribution in [0.3, 0.4) is 0 Å². The van der Waals surface area contributed by atoms with E-state index in [1.165, 1.54) is 6.08 Å². The topological polar surface area (TPSA) is 75.3 Å². The highest BCUT2D eigenvalue weighted by Gasteiger charge is 2.14. The highest BCUT2D eigenvalue weighted by molar-refractivity contribution is 6.01. The first-order valence-corrected chi connectivity index (χ1v) is 7.73. The molecule has 5 heteroatoms. The maximum atomic E-state index is 12.3. The summed E-state index contributed by atoms with van der Waals surface area (Å²) in [4.78, 5) is 12.3. The Morgan fingerprint density at radius 1 is 1.21 bits per heavy atom. The van der Waals surface area contributed by atoms with Gasteiger partial charge in [0.05, 0.1) is 12.1 Å². The Labute approximate surface area is 141 Å². The van der Waals surface area contributed by atoms with E-state index in [0.29, 0.717) is 11.7 Å². The number of furan rings is 1. The lowest BCUT2D eigenvalue weighted by Gasteiger charge is -2.13. The molecule has 0 aliphatic carbocycles. The monoisotopic (exact) mass is 324 g/mol. The van der Waals surface area contributed by atoms with Crippen LogP contribution in [0.2, 0.25) is 0 Å². The number of benzene rings is 1. The van der Waals surface area contributed by atoms with Crippen molar-refractivity contribution in [2.75, 3.05) is 0 Å². The van der Waals surface area contributed by atoms with Crippen LogP contribution in [0.4, 0.5) is 0 Å². The first kappa shape index (κ1) is 17.4. The van der Waals surface area contributed by atoms with Gasteiger partial charge in [-0.25, -0.2) is 0 Å². The summed E-state index contributed by atoms with van der Waals surface area (Å²) in [6, 6.07) is 14.6. The zero-order valence-electron chi connectivity index (χ0n) is 13.9. The highest BCUT2D eigenvalue weighted by atomic mass is 16.6. The summed E-state index contributed by atoms with van der Waals surface area (Å²) >= 11 is 0. The predicted octanol–water partition coefficient (Wildman–Crippen LogP) is 3.85. The van der Waals surface area contributed by atoms with Gasteiger partial charge in [-0.15, -0.1) is 0 Å². The number of nitrogens with one attached hydrogen (secondary N) is 1. The fraction of sp³-hybridized carbons (Fsp3) is 0.263. The molecule has 2 aromatic rings. The van der Waals surface area contributed by atoms with E-state index in [0.717, 1.165) is 5.56 Å². The zero-order valence-corrected chi connectivity index (χ0v) is 13.9. The molecule has 0 radical (unpaired) electrons. The van der Waals surface area contributed by atoms with E-state index in [1.807, 2.05) is 57.2 Å². The van der Waals surface area contributed by atoms with Gasteiger partial charge in [0.15, 0.2) is 0 Å². The number of carbonyl (C=O) groups is 1. The quantitative estimate of drug-likeness (QED) is 0.647. The molecule has 1 atom stereocenters. The van der Waals surface area contributed by atoms with Crippen LogP contribution in [-0.2, 0) is 4.79 Å². The molecule has 1 aromatic carbocycles. The number of rotatable bonds is 6. The fourth-order valence-electron chi connectivity index (χ4n) is 2.10. The average Bonchev–Trinajstić information content (AvgIpc) is 2.99. The maximum Gasteiger partial charge on any atom is 0.285 e. The molecule has 0 saturated carbocycles. The molecular weight excluding hydrogens is 304 g/mol. The normalized spacial score (nSPS) is 12.5. The van der Waals surface area contributed by atoms with Gasteiger partial charge in [-0.05, 0) is 32.4 Å². The highest BCUT2D eigenvalue weighted by Crippen LogP contribution is 2.20. The molecule has 1 amide bonds. The Bertz CT molecular complexity index is 754. The average molecular weight is 324 g/mol. The van der Waals surface area contributed by atoms with E-state index >= 15 is 0 Å². The van der Waals surface area contributed by atoms with E-state index in [2.05, 4.69) is 5.32 Å². The van der Waals surface area contributed by atoms with Gasteiger partial charge >= 0.3 is 0 Å². The molecule has 24 heavy (non-hydrogen) atoms. The van der Waals surface area contributed by atoms with Crippen molar-refractivity contribution in [3.8, 4) is 12.0 Å². The maximum absolute atomic E-state index is 12.3. The number of ether oxygens (including phenoxy) is 1. The van der Waals surface area contributed by atoms with Crippen LogP contribution < -0.4 is 10.1 Å². The Morgan fingerprint density at radius 3 is 2.54 bits per heavy atom. The second-order valence-electron chi connectivity index (χ2n) is 5.60. The van der Waals surface area contributed by atoms with Crippen molar-refractivity contribution >= 4 is 12.0 Å². The number of hydrogen-bond acceptors (Lipinski definition) is 4. The summed E-state index contributed by atoms with van der Waals surface area (Å²) in [7, 11) is 0. The van der Waals surface area contributed by atoms with Crippen LogP contribution in [0.1, 0.15) is 38.1 Å². The minimum Gasteiger partial charge on any atom is -0.462 e. The third-order valence-electron chi connectivity index (χ3n) is 3.25. The predicted molar refractivity (Wildman–Crippen MR) is 91.1 cm³/mol. The van der Waals surface area contributed by atoms with Gasteiger partial charge in [-0.2, -0.15) is 5.26 Å². The van der Waals surface area contributed by atoms with Crippen LogP contribution in [0, 0.1) is 11.3 Å². The first-order valence-electron chi connectivity index (χ1n) is 7.73. The van der Waals surface area contributed by atoms with Gasteiger partial charge in [0.25, 0.3) is 11.9 Å². The summed E-state index contributed by atoms with van der Waals surface area (Å²) in [5.74, 6) is 0.299. The number of nitrogens with zero attached hydrogens (tertiary/aromatic N) is 1. The van der Waals surface area contributed by atoms with Crippen LogP contribution in [-0.4, -0.2) is 12.0 Å². The minimum absolute atomic E-state index is 0.0153. The van der Waals surface area contributed by atoms with Crippen molar-refractivity contribution in [3.63, 3.8) is 0 Å². The molecule has 0 bridgehead atoms. The zero-order chi connectivity index (χ0) is 17.5. The van der Waals surface area contributed by atoms with Crippen molar-refractivity contribution in [3.05, 3.63) is 59.4 Å². The number of hydrogen-bond donors (Lipinski definition) is 1. The summed E-state index contributed by atoms with van der Waals surface area (Å²) < 4.78 is 10.9. The van der Waals surface area contributed by atoms with E-state index < -0.39 is 5.91 Å². The molecule has 0 aliphatic heterocycles. The van der Waals surface area contributed by atoms with Gasteiger partial charge in [0.1, 0.15) is 17.4 Å². The molecule has 1 unspecified atom stereocenters. The van der Waals surface area contributed by atoms with E-state index in [-0.39, 0.29) is 17.7 Å². The van der Waals surface area contributed by atoms with Crippen LogP contribution in [0.25, 0.3) is 6.08 Å². The van der Waals surface area contributed by atoms with Crippen LogP contribution in [0.15, 0.2) is 52.5 Å². The van der Waals surface area contributed by atoms with E-state index in [4.69, 9.17) is 9.15 Å². The largest absolute Gasteiger partial charge is 0.462 e. The molecule has 0 spiro atoms. The molecule has 0 aliphatic rings.